The lowest BCUT2D eigenvalue weighted by atomic mass is 9.63. The number of rotatable bonds is 2. The Morgan fingerprint density at radius 1 is 1.05 bits per heavy atom. The van der Waals surface area contributed by atoms with Crippen LogP contribution in [-0.4, -0.2) is 17.6 Å². The van der Waals surface area contributed by atoms with Gasteiger partial charge in [0.25, 0.3) is 0 Å². The highest BCUT2D eigenvalue weighted by molar-refractivity contribution is 6.22. The first kappa shape index (κ1) is 13.4. The third-order valence-electron chi connectivity index (χ3n) is 5.27. The summed E-state index contributed by atoms with van der Waals surface area (Å²) in [6.45, 7) is 1.48. The normalized spacial score (nSPS) is 32.5. The fourth-order valence-electron chi connectivity index (χ4n) is 4.19. The maximum Gasteiger partial charge on any atom is 0.238 e. The minimum absolute atomic E-state index is 0.0694. The molecule has 0 spiro atoms. The van der Waals surface area contributed by atoms with Crippen molar-refractivity contribution in [3.05, 3.63) is 42.0 Å². The molecule has 2 fully saturated rings. The van der Waals surface area contributed by atoms with Gasteiger partial charge in [0, 0.05) is 5.56 Å². The van der Waals surface area contributed by atoms with Gasteiger partial charge in [-0.1, -0.05) is 24.3 Å². The fraction of sp³-hybridized carbons (Fsp3) is 0.389. The van der Waals surface area contributed by atoms with Crippen LogP contribution in [0.25, 0.3) is 0 Å². The van der Waals surface area contributed by atoms with E-state index in [1.807, 2.05) is 0 Å². The second-order valence-electron chi connectivity index (χ2n) is 6.46. The predicted molar refractivity (Wildman–Crippen MR) is 81.3 cm³/mol. The SMILES string of the molecule is CC(=O)c1cccc(N2C(=O)C3C4C=CC(CC4)C3C2=O)c1. The number of nitrogens with zero attached hydrogens (tertiary/aromatic N) is 1. The highest BCUT2D eigenvalue weighted by Crippen LogP contribution is 2.50. The van der Waals surface area contributed by atoms with Crippen molar-refractivity contribution in [2.45, 2.75) is 19.8 Å². The topological polar surface area (TPSA) is 54.5 Å². The first-order valence-electron chi connectivity index (χ1n) is 7.75. The van der Waals surface area contributed by atoms with Crippen LogP contribution in [0.5, 0.6) is 0 Å². The minimum atomic E-state index is -0.211. The molecule has 4 nitrogen and oxygen atoms in total. The molecule has 4 aliphatic rings. The number of imide groups is 1. The lowest BCUT2D eigenvalue weighted by Crippen LogP contribution is -2.38. The van der Waals surface area contributed by atoms with Crippen LogP contribution in [-0.2, 0) is 9.59 Å². The summed E-state index contributed by atoms with van der Waals surface area (Å²) in [5.74, 6) is -0.320. The van der Waals surface area contributed by atoms with E-state index in [1.54, 1.807) is 24.3 Å². The lowest BCUT2D eigenvalue weighted by molar-refractivity contribution is -0.124. The molecular weight excluding hydrogens is 278 g/mol. The highest BCUT2D eigenvalue weighted by Gasteiger charge is 2.56. The van der Waals surface area contributed by atoms with E-state index in [-0.39, 0.29) is 41.3 Å². The van der Waals surface area contributed by atoms with Crippen molar-refractivity contribution in [1.29, 1.82) is 0 Å². The summed E-state index contributed by atoms with van der Waals surface area (Å²) in [6.07, 6.45) is 6.19. The quantitative estimate of drug-likeness (QED) is 0.479. The molecule has 2 bridgehead atoms. The van der Waals surface area contributed by atoms with Crippen LogP contribution in [0, 0.1) is 23.7 Å². The lowest BCUT2D eigenvalue weighted by Gasteiger charge is -2.38. The van der Waals surface area contributed by atoms with Crippen molar-refractivity contribution < 1.29 is 14.4 Å². The Kier molecular flexibility index (Phi) is 2.83. The van der Waals surface area contributed by atoms with Crippen molar-refractivity contribution in [3.63, 3.8) is 0 Å². The van der Waals surface area contributed by atoms with Gasteiger partial charge in [-0.15, -0.1) is 0 Å². The molecule has 3 aliphatic carbocycles. The summed E-state index contributed by atoms with van der Waals surface area (Å²) in [5.41, 5.74) is 1.05. The number of hydrogen-bond donors (Lipinski definition) is 0. The van der Waals surface area contributed by atoms with Crippen LogP contribution >= 0.6 is 0 Å². The van der Waals surface area contributed by atoms with Gasteiger partial charge < -0.3 is 0 Å². The maximum absolute atomic E-state index is 12.8. The monoisotopic (exact) mass is 295 g/mol. The molecule has 0 N–H and O–H groups in total. The average molecular weight is 295 g/mol. The van der Waals surface area contributed by atoms with Crippen LogP contribution in [0.2, 0.25) is 0 Å². The Morgan fingerprint density at radius 3 is 2.14 bits per heavy atom. The molecule has 2 amide bonds. The number of allylic oxidation sites excluding steroid dienone is 2. The smallest absolute Gasteiger partial charge is 0.238 e. The molecule has 1 saturated heterocycles. The molecule has 0 radical (unpaired) electrons. The molecule has 1 aromatic rings. The minimum Gasteiger partial charge on any atom is -0.295 e. The van der Waals surface area contributed by atoms with E-state index >= 15 is 0 Å². The number of ketones is 1. The molecule has 1 heterocycles. The number of anilines is 1. The number of Topliss-reactive ketones (excluding diaryl/α,β-unsaturated/α-hetero) is 1. The van der Waals surface area contributed by atoms with Crippen LogP contribution in [0.4, 0.5) is 5.69 Å². The summed E-state index contributed by atoms with van der Waals surface area (Å²) >= 11 is 0. The standard InChI is InChI=1S/C18H17NO3/c1-10(20)13-3-2-4-14(9-13)19-17(21)15-11-5-6-12(8-7-11)16(15)18(19)22/h2-6,9,11-12,15-16H,7-8H2,1H3. The van der Waals surface area contributed by atoms with Crippen LogP contribution in [0.1, 0.15) is 30.1 Å². The van der Waals surface area contributed by atoms with E-state index in [0.717, 1.165) is 12.8 Å². The molecule has 22 heavy (non-hydrogen) atoms. The highest BCUT2D eigenvalue weighted by atomic mass is 16.2. The molecule has 4 unspecified atom stereocenters. The molecular formula is C18H17NO3. The Morgan fingerprint density at radius 2 is 1.64 bits per heavy atom. The van der Waals surface area contributed by atoms with Crippen LogP contribution in [0.15, 0.2) is 36.4 Å². The largest absolute Gasteiger partial charge is 0.295 e. The Bertz CT molecular complexity index is 689. The third-order valence-corrected chi connectivity index (χ3v) is 5.27. The number of carbonyl (C=O) groups is 3. The van der Waals surface area contributed by atoms with Gasteiger partial charge in [-0.3, -0.25) is 14.4 Å². The molecule has 0 aromatic heterocycles. The molecule has 5 rings (SSSR count). The summed E-state index contributed by atoms with van der Waals surface area (Å²) in [7, 11) is 0. The second kappa shape index (κ2) is 4.63. The van der Waals surface area contributed by atoms with Gasteiger partial charge in [-0.2, -0.15) is 0 Å². The Balaban J connectivity index is 1.75. The summed E-state index contributed by atoms with van der Waals surface area (Å²) in [6, 6.07) is 6.80. The molecule has 4 heteroatoms. The Hall–Kier alpha value is -2.23. The van der Waals surface area contributed by atoms with E-state index < -0.39 is 0 Å². The van der Waals surface area contributed by atoms with Gasteiger partial charge in [0.2, 0.25) is 11.8 Å². The van der Waals surface area contributed by atoms with Crippen molar-refractivity contribution in [2.75, 3.05) is 4.90 Å². The van der Waals surface area contributed by atoms with Crippen molar-refractivity contribution >= 4 is 23.3 Å². The zero-order valence-corrected chi connectivity index (χ0v) is 12.4. The molecule has 112 valence electrons. The van der Waals surface area contributed by atoms with E-state index in [4.69, 9.17) is 0 Å². The summed E-state index contributed by atoms with van der Waals surface area (Å²) in [5, 5.41) is 0. The van der Waals surface area contributed by atoms with E-state index in [1.165, 1.54) is 11.8 Å². The number of carbonyl (C=O) groups excluding carboxylic acids is 3. The van der Waals surface area contributed by atoms with Gasteiger partial charge in [-0.05, 0) is 43.7 Å². The summed E-state index contributed by atoms with van der Waals surface area (Å²) in [4.78, 5) is 38.5. The number of amides is 2. The zero-order valence-electron chi connectivity index (χ0n) is 12.4. The average Bonchev–Trinajstić information content (AvgIpc) is 2.82. The van der Waals surface area contributed by atoms with E-state index in [0.29, 0.717) is 11.3 Å². The maximum atomic E-state index is 12.8. The van der Waals surface area contributed by atoms with Crippen LogP contribution in [0.3, 0.4) is 0 Å². The van der Waals surface area contributed by atoms with Gasteiger partial charge in [0.15, 0.2) is 5.78 Å². The molecule has 1 saturated carbocycles. The van der Waals surface area contributed by atoms with Crippen LogP contribution < -0.4 is 4.90 Å². The first-order valence-corrected chi connectivity index (χ1v) is 7.75. The third kappa shape index (κ3) is 1.73. The Labute approximate surface area is 128 Å². The predicted octanol–water partition coefficient (Wildman–Crippen LogP) is 2.59. The zero-order chi connectivity index (χ0) is 15.4. The van der Waals surface area contributed by atoms with Gasteiger partial charge >= 0.3 is 0 Å². The van der Waals surface area contributed by atoms with Crippen molar-refractivity contribution in [2.24, 2.45) is 23.7 Å². The van der Waals surface area contributed by atoms with Gasteiger partial charge in [0.1, 0.15) is 0 Å². The second-order valence-corrected chi connectivity index (χ2v) is 6.46. The van der Waals surface area contributed by atoms with Gasteiger partial charge in [-0.25, -0.2) is 4.90 Å². The van der Waals surface area contributed by atoms with Crippen molar-refractivity contribution in [1.82, 2.24) is 0 Å². The van der Waals surface area contributed by atoms with E-state index in [9.17, 15) is 14.4 Å². The van der Waals surface area contributed by atoms with Gasteiger partial charge in [0.05, 0.1) is 17.5 Å². The van der Waals surface area contributed by atoms with E-state index in [2.05, 4.69) is 12.2 Å². The van der Waals surface area contributed by atoms with Crippen molar-refractivity contribution in [3.8, 4) is 0 Å². The molecule has 4 atom stereocenters. The first-order chi connectivity index (χ1) is 10.6. The number of hydrogen-bond acceptors (Lipinski definition) is 3. The number of fused-ring (bicyclic) bond motifs is 1. The fourth-order valence-corrected chi connectivity index (χ4v) is 4.19. The number of benzene rings is 1. The molecule has 1 aliphatic heterocycles. The molecule has 1 aromatic carbocycles. The summed E-state index contributed by atoms with van der Waals surface area (Å²) < 4.78 is 0.